The molecular formula is C19H21F4N3O3S. The summed E-state index contributed by atoms with van der Waals surface area (Å²) in [5, 5.41) is 7.71. The summed E-state index contributed by atoms with van der Waals surface area (Å²) in [6.07, 6.45) is -4.80. The van der Waals surface area contributed by atoms with Crippen LogP contribution in [0.1, 0.15) is 17.2 Å². The highest BCUT2D eigenvalue weighted by atomic mass is 32.2. The number of anilines is 1. The van der Waals surface area contributed by atoms with Crippen molar-refractivity contribution in [2.45, 2.75) is 17.1 Å². The first kappa shape index (κ1) is 22.5. The van der Waals surface area contributed by atoms with E-state index in [2.05, 4.69) is 5.32 Å². The molecule has 30 heavy (non-hydrogen) atoms. The molecule has 0 aromatic heterocycles. The van der Waals surface area contributed by atoms with E-state index in [0.717, 1.165) is 12.1 Å². The quantitative estimate of drug-likeness (QED) is 0.666. The van der Waals surface area contributed by atoms with E-state index < -0.39 is 38.5 Å². The minimum atomic E-state index is -4.80. The van der Waals surface area contributed by atoms with Crippen molar-refractivity contribution in [3.63, 3.8) is 0 Å². The number of alkyl halides is 3. The molecule has 6 nitrogen and oxygen atoms in total. The van der Waals surface area contributed by atoms with Crippen LogP contribution >= 0.6 is 0 Å². The predicted molar refractivity (Wildman–Crippen MR) is 103 cm³/mol. The van der Waals surface area contributed by atoms with Crippen molar-refractivity contribution in [2.75, 3.05) is 38.2 Å². The molecule has 0 bridgehead atoms. The van der Waals surface area contributed by atoms with Gasteiger partial charge in [-0.15, -0.1) is 0 Å². The fourth-order valence-corrected chi connectivity index (χ4v) is 3.90. The standard InChI is InChI=1S/C19H21F4N3O3S/c20-14-3-1-2-13(10-14)18(26-6-8-29-9-7-26)12-25-17-5-4-15(30(24,27)28)11-16(17)19(21,22)23/h1-5,10-11,18,25H,6-9,12H2,(H2,24,27,28). The summed E-state index contributed by atoms with van der Waals surface area (Å²) in [6, 6.07) is 8.02. The van der Waals surface area contributed by atoms with Crippen molar-refractivity contribution < 1.29 is 30.7 Å². The van der Waals surface area contributed by atoms with Gasteiger partial charge in [0.05, 0.1) is 29.7 Å². The number of benzene rings is 2. The maximum Gasteiger partial charge on any atom is 0.418 e. The van der Waals surface area contributed by atoms with Crippen molar-refractivity contribution in [2.24, 2.45) is 5.14 Å². The summed E-state index contributed by atoms with van der Waals surface area (Å²) in [5.41, 5.74) is -0.822. The molecule has 1 aliphatic rings. The largest absolute Gasteiger partial charge is 0.418 e. The van der Waals surface area contributed by atoms with E-state index in [1.807, 2.05) is 4.90 Å². The number of rotatable bonds is 6. The number of nitrogens with two attached hydrogens (primary N) is 1. The monoisotopic (exact) mass is 447 g/mol. The van der Waals surface area contributed by atoms with E-state index in [4.69, 9.17) is 9.88 Å². The number of halogens is 4. The lowest BCUT2D eigenvalue weighted by Gasteiger charge is -2.35. The van der Waals surface area contributed by atoms with Gasteiger partial charge >= 0.3 is 6.18 Å². The fraction of sp³-hybridized carbons (Fsp3) is 0.368. The van der Waals surface area contributed by atoms with Crippen LogP contribution in [-0.2, 0) is 20.9 Å². The molecule has 0 saturated carbocycles. The Morgan fingerprint density at radius 2 is 1.83 bits per heavy atom. The van der Waals surface area contributed by atoms with Crippen LogP contribution in [-0.4, -0.2) is 46.2 Å². The normalized spacial score (nSPS) is 17.0. The Morgan fingerprint density at radius 3 is 2.43 bits per heavy atom. The predicted octanol–water partition coefficient (Wildman–Crippen LogP) is 2.98. The van der Waals surface area contributed by atoms with Gasteiger partial charge in [-0.3, -0.25) is 4.90 Å². The molecule has 0 amide bonds. The molecule has 1 atom stereocenters. The van der Waals surface area contributed by atoms with Crippen LogP contribution in [0, 0.1) is 5.82 Å². The molecular weight excluding hydrogens is 426 g/mol. The highest BCUT2D eigenvalue weighted by molar-refractivity contribution is 7.89. The first-order valence-electron chi connectivity index (χ1n) is 9.11. The van der Waals surface area contributed by atoms with Gasteiger partial charge in [-0.05, 0) is 35.9 Å². The van der Waals surface area contributed by atoms with Crippen LogP contribution in [0.4, 0.5) is 23.2 Å². The third-order valence-electron chi connectivity index (χ3n) is 4.83. The Labute approximate surface area is 171 Å². The molecule has 1 saturated heterocycles. The Morgan fingerprint density at radius 1 is 1.13 bits per heavy atom. The number of ether oxygens (including phenoxy) is 1. The van der Waals surface area contributed by atoms with E-state index in [0.29, 0.717) is 37.9 Å². The zero-order chi connectivity index (χ0) is 21.9. The molecule has 164 valence electrons. The second-order valence-electron chi connectivity index (χ2n) is 6.85. The van der Waals surface area contributed by atoms with Crippen LogP contribution in [0.2, 0.25) is 0 Å². The molecule has 0 spiro atoms. The topological polar surface area (TPSA) is 84.7 Å². The zero-order valence-corrected chi connectivity index (χ0v) is 16.6. The van der Waals surface area contributed by atoms with Crippen LogP contribution in [0.5, 0.6) is 0 Å². The molecule has 1 heterocycles. The Bertz CT molecular complexity index is 993. The lowest BCUT2D eigenvalue weighted by atomic mass is 10.0. The van der Waals surface area contributed by atoms with E-state index >= 15 is 0 Å². The number of morpholine rings is 1. The van der Waals surface area contributed by atoms with Gasteiger partial charge in [0.25, 0.3) is 0 Å². The molecule has 2 aromatic rings. The maximum absolute atomic E-state index is 13.8. The summed E-state index contributed by atoms with van der Waals surface area (Å²) >= 11 is 0. The number of nitrogens with zero attached hydrogens (tertiary/aromatic N) is 1. The first-order chi connectivity index (χ1) is 14.1. The van der Waals surface area contributed by atoms with Crippen LogP contribution in [0.25, 0.3) is 0 Å². The van der Waals surface area contributed by atoms with Crippen molar-refractivity contribution in [1.29, 1.82) is 0 Å². The molecule has 0 aliphatic carbocycles. The summed E-state index contributed by atoms with van der Waals surface area (Å²) in [6.45, 7) is 2.05. The number of hydrogen-bond donors (Lipinski definition) is 2. The average molecular weight is 447 g/mol. The van der Waals surface area contributed by atoms with Crippen LogP contribution in [0.15, 0.2) is 47.4 Å². The van der Waals surface area contributed by atoms with Gasteiger partial charge in [-0.1, -0.05) is 12.1 Å². The number of nitrogens with one attached hydrogen (secondary N) is 1. The van der Waals surface area contributed by atoms with E-state index in [1.165, 1.54) is 12.1 Å². The van der Waals surface area contributed by atoms with Crippen molar-refractivity contribution in [3.05, 3.63) is 59.4 Å². The number of primary sulfonamides is 1. The lowest BCUT2D eigenvalue weighted by Crippen LogP contribution is -2.41. The Balaban J connectivity index is 1.91. The zero-order valence-electron chi connectivity index (χ0n) is 15.8. The van der Waals surface area contributed by atoms with Crippen molar-refractivity contribution in [1.82, 2.24) is 4.90 Å². The third kappa shape index (κ3) is 5.48. The molecule has 3 N–H and O–H groups in total. The van der Waals surface area contributed by atoms with Gasteiger partial charge in [-0.25, -0.2) is 17.9 Å². The lowest BCUT2D eigenvalue weighted by molar-refractivity contribution is -0.137. The average Bonchev–Trinajstić information content (AvgIpc) is 2.67. The number of hydrogen-bond acceptors (Lipinski definition) is 5. The van der Waals surface area contributed by atoms with Gasteiger partial charge in [0.2, 0.25) is 10.0 Å². The van der Waals surface area contributed by atoms with Crippen LogP contribution in [0.3, 0.4) is 0 Å². The summed E-state index contributed by atoms with van der Waals surface area (Å²) in [4.78, 5) is 1.37. The van der Waals surface area contributed by atoms with E-state index in [1.54, 1.807) is 12.1 Å². The van der Waals surface area contributed by atoms with Crippen molar-refractivity contribution >= 4 is 15.7 Å². The SMILES string of the molecule is NS(=O)(=O)c1ccc(NCC(c2cccc(F)c2)N2CCOCC2)c(C(F)(F)F)c1. The second-order valence-corrected chi connectivity index (χ2v) is 8.41. The van der Waals surface area contributed by atoms with Gasteiger partial charge < -0.3 is 10.1 Å². The molecule has 2 aromatic carbocycles. The first-order valence-corrected chi connectivity index (χ1v) is 10.7. The van der Waals surface area contributed by atoms with Gasteiger partial charge in [0, 0.05) is 25.3 Å². The molecule has 1 fully saturated rings. The van der Waals surface area contributed by atoms with Gasteiger partial charge in [0.1, 0.15) is 5.82 Å². The Kier molecular flexibility index (Phi) is 6.65. The third-order valence-corrected chi connectivity index (χ3v) is 5.74. The number of sulfonamides is 1. The fourth-order valence-electron chi connectivity index (χ4n) is 3.36. The summed E-state index contributed by atoms with van der Waals surface area (Å²) in [5.74, 6) is -0.445. The Hall–Kier alpha value is -2.21. The summed E-state index contributed by atoms with van der Waals surface area (Å²) < 4.78 is 82.5. The molecule has 11 heteroatoms. The van der Waals surface area contributed by atoms with E-state index in [-0.39, 0.29) is 12.2 Å². The smallest absolute Gasteiger partial charge is 0.383 e. The molecule has 1 unspecified atom stereocenters. The second kappa shape index (κ2) is 8.88. The van der Waals surface area contributed by atoms with Crippen LogP contribution < -0.4 is 10.5 Å². The highest BCUT2D eigenvalue weighted by Gasteiger charge is 2.35. The van der Waals surface area contributed by atoms with Gasteiger partial charge in [0.15, 0.2) is 0 Å². The summed E-state index contributed by atoms with van der Waals surface area (Å²) in [7, 11) is -4.29. The van der Waals surface area contributed by atoms with Gasteiger partial charge in [-0.2, -0.15) is 13.2 Å². The minimum absolute atomic E-state index is 0.0429. The molecule has 1 aliphatic heterocycles. The minimum Gasteiger partial charge on any atom is -0.383 e. The highest BCUT2D eigenvalue weighted by Crippen LogP contribution is 2.36. The molecule has 3 rings (SSSR count). The van der Waals surface area contributed by atoms with Crippen molar-refractivity contribution in [3.8, 4) is 0 Å². The van der Waals surface area contributed by atoms with E-state index in [9.17, 15) is 26.0 Å². The molecule has 0 radical (unpaired) electrons. The maximum atomic E-state index is 13.8.